The Balaban J connectivity index is 1.38. The first-order chi connectivity index (χ1) is 14.0. The zero-order chi connectivity index (χ0) is 20.6. The lowest BCUT2D eigenvalue weighted by Crippen LogP contribution is -2.47. The molecular weight excluding hydrogens is 384 g/mol. The molecule has 1 N–H and O–H groups in total. The van der Waals surface area contributed by atoms with E-state index < -0.39 is 0 Å². The summed E-state index contributed by atoms with van der Waals surface area (Å²) in [6, 6.07) is 14.1. The number of aromatic nitrogens is 1. The van der Waals surface area contributed by atoms with Gasteiger partial charge in [-0.05, 0) is 69.7 Å². The third kappa shape index (κ3) is 6.81. The lowest BCUT2D eigenvalue weighted by atomic mass is 10.0. The molecule has 0 spiro atoms. The van der Waals surface area contributed by atoms with Crippen molar-refractivity contribution in [2.45, 2.75) is 38.3 Å². The number of rotatable bonds is 8. The fourth-order valence-electron chi connectivity index (χ4n) is 3.88. The smallest absolute Gasteiger partial charge is 0.234 e. The quantitative estimate of drug-likeness (QED) is 0.717. The van der Waals surface area contributed by atoms with Crippen molar-refractivity contribution < 1.29 is 4.79 Å². The summed E-state index contributed by atoms with van der Waals surface area (Å²) < 4.78 is 0. The topological polar surface area (TPSA) is 48.5 Å². The number of hydrogen-bond acceptors (Lipinski definition) is 4. The monoisotopic (exact) mass is 414 g/mol. The van der Waals surface area contributed by atoms with Crippen LogP contribution in [-0.2, 0) is 11.2 Å². The van der Waals surface area contributed by atoms with Crippen LogP contribution in [0.5, 0.6) is 0 Å². The van der Waals surface area contributed by atoms with Crippen LogP contribution in [0.1, 0.15) is 37.1 Å². The van der Waals surface area contributed by atoms with Gasteiger partial charge < -0.3 is 10.2 Å². The number of carbonyl (C=O) groups excluding carboxylic acids is 1. The van der Waals surface area contributed by atoms with Crippen molar-refractivity contribution in [1.29, 1.82) is 0 Å². The van der Waals surface area contributed by atoms with Crippen LogP contribution in [0.15, 0.2) is 48.7 Å². The summed E-state index contributed by atoms with van der Waals surface area (Å²) in [5.74, 6) is 0.0625. The van der Waals surface area contributed by atoms with Crippen LogP contribution in [0, 0.1) is 0 Å². The summed E-state index contributed by atoms with van der Waals surface area (Å²) in [6.45, 7) is 5.62. The molecule has 2 aromatic rings. The zero-order valence-corrected chi connectivity index (χ0v) is 18.1. The van der Waals surface area contributed by atoms with Crippen LogP contribution >= 0.6 is 11.6 Å². The molecule has 6 heteroatoms. The van der Waals surface area contributed by atoms with Crippen molar-refractivity contribution in [2.75, 3.05) is 33.2 Å². The van der Waals surface area contributed by atoms with Gasteiger partial charge in [0.05, 0.1) is 12.6 Å². The van der Waals surface area contributed by atoms with Crippen LogP contribution in [0.4, 0.5) is 0 Å². The standard InChI is InChI=1S/C23H31ClN4O/c1-18(19-6-8-20(24)9-7-19)26-23(29)17-27(2)22-11-15-28(16-12-22)14-10-21-5-3-4-13-25-21/h3-9,13,18,22H,10-12,14-17H2,1-2H3,(H,26,29)/t18-/m0/s1. The van der Waals surface area contributed by atoms with Gasteiger partial charge in [-0.3, -0.25) is 14.7 Å². The Morgan fingerprint density at radius 2 is 1.97 bits per heavy atom. The molecule has 0 bridgehead atoms. The average molecular weight is 415 g/mol. The number of amides is 1. The fraction of sp³-hybridized carbons (Fsp3) is 0.478. The lowest BCUT2D eigenvalue weighted by molar-refractivity contribution is -0.123. The van der Waals surface area contributed by atoms with Crippen molar-refractivity contribution in [2.24, 2.45) is 0 Å². The second-order valence-corrected chi connectivity index (χ2v) is 8.34. The second kappa shape index (κ2) is 10.7. The molecule has 29 heavy (non-hydrogen) atoms. The van der Waals surface area contributed by atoms with Gasteiger partial charge >= 0.3 is 0 Å². The van der Waals surface area contributed by atoms with Gasteiger partial charge in [-0.1, -0.05) is 29.8 Å². The highest BCUT2D eigenvalue weighted by atomic mass is 35.5. The van der Waals surface area contributed by atoms with Crippen molar-refractivity contribution in [3.05, 3.63) is 64.9 Å². The third-order valence-corrected chi connectivity index (χ3v) is 5.98. The van der Waals surface area contributed by atoms with Crippen LogP contribution in [0.25, 0.3) is 0 Å². The predicted molar refractivity (Wildman–Crippen MR) is 118 cm³/mol. The number of piperidine rings is 1. The fourth-order valence-corrected chi connectivity index (χ4v) is 4.01. The third-order valence-electron chi connectivity index (χ3n) is 5.73. The molecule has 1 saturated heterocycles. The summed E-state index contributed by atoms with van der Waals surface area (Å²) >= 11 is 5.94. The molecule has 1 aromatic heterocycles. The minimum atomic E-state index is -0.0263. The number of likely N-dealkylation sites (tertiary alicyclic amines) is 1. The number of nitrogens with one attached hydrogen (secondary N) is 1. The van der Waals surface area contributed by atoms with Gasteiger partial charge in [-0.25, -0.2) is 0 Å². The van der Waals surface area contributed by atoms with Crippen molar-refractivity contribution in [3.63, 3.8) is 0 Å². The van der Waals surface area contributed by atoms with Gasteiger partial charge in [0.1, 0.15) is 0 Å². The lowest BCUT2D eigenvalue weighted by Gasteiger charge is -2.36. The average Bonchev–Trinajstić information content (AvgIpc) is 2.73. The van der Waals surface area contributed by atoms with Crippen LogP contribution in [0.2, 0.25) is 5.02 Å². The van der Waals surface area contributed by atoms with Crippen LogP contribution in [0.3, 0.4) is 0 Å². The Kier molecular flexibility index (Phi) is 8.04. The van der Waals surface area contributed by atoms with E-state index in [1.54, 1.807) is 0 Å². The molecule has 0 aliphatic carbocycles. The Morgan fingerprint density at radius 3 is 2.62 bits per heavy atom. The Bertz CT molecular complexity index is 760. The number of halogens is 1. The molecule has 1 aliphatic heterocycles. The molecule has 156 valence electrons. The molecule has 1 fully saturated rings. The molecular formula is C23H31ClN4O. The minimum Gasteiger partial charge on any atom is -0.348 e. The van der Waals surface area contributed by atoms with Gasteiger partial charge in [0, 0.05) is 35.9 Å². The normalized spacial score (nSPS) is 16.7. The number of likely N-dealkylation sites (N-methyl/N-ethyl adjacent to an activating group) is 1. The molecule has 3 rings (SSSR count). The van der Waals surface area contributed by atoms with Crippen molar-refractivity contribution in [3.8, 4) is 0 Å². The minimum absolute atomic E-state index is 0.0263. The van der Waals surface area contributed by atoms with E-state index in [9.17, 15) is 4.79 Å². The van der Waals surface area contributed by atoms with Gasteiger partial charge in [0.25, 0.3) is 0 Å². The van der Waals surface area contributed by atoms with E-state index in [4.69, 9.17) is 11.6 Å². The molecule has 1 amide bonds. The van der Waals surface area contributed by atoms with Gasteiger partial charge in [0.2, 0.25) is 5.91 Å². The van der Waals surface area contributed by atoms with Gasteiger partial charge in [-0.2, -0.15) is 0 Å². The molecule has 1 aromatic carbocycles. The summed E-state index contributed by atoms with van der Waals surface area (Å²) in [5.41, 5.74) is 2.21. The molecule has 0 unspecified atom stereocenters. The zero-order valence-electron chi connectivity index (χ0n) is 17.4. The number of benzene rings is 1. The summed E-state index contributed by atoms with van der Waals surface area (Å²) in [5, 5.41) is 3.80. The summed E-state index contributed by atoms with van der Waals surface area (Å²) in [7, 11) is 2.06. The Morgan fingerprint density at radius 1 is 1.24 bits per heavy atom. The van der Waals surface area contributed by atoms with E-state index in [0.29, 0.717) is 17.6 Å². The van der Waals surface area contributed by atoms with Crippen molar-refractivity contribution >= 4 is 17.5 Å². The summed E-state index contributed by atoms with van der Waals surface area (Å²) in [6.07, 6.45) is 5.04. The molecule has 0 radical (unpaired) electrons. The maximum Gasteiger partial charge on any atom is 0.234 e. The molecule has 2 heterocycles. The van der Waals surface area contributed by atoms with E-state index in [0.717, 1.165) is 50.2 Å². The first-order valence-corrected chi connectivity index (χ1v) is 10.8. The Hall–Kier alpha value is -1.95. The van der Waals surface area contributed by atoms with Crippen LogP contribution < -0.4 is 5.32 Å². The second-order valence-electron chi connectivity index (χ2n) is 7.90. The maximum atomic E-state index is 12.5. The molecule has 1 atom stereocenters. The van der Waals surface area contributed by atoms with E-state index >= 15 is 0 Å². The van der Waals surface area contributed by atoms with Gasteiger partial charge in [0.15, 0.2) is 0 Å². The first kappa shape index (κ1) is 21.8. The number of nitrogens with zero attached hydrogens (tertiary/aromatic N) is 3. The highest BCUT2D eigenvalue weighted by molar-refractivity contribution is 6.30. The summed E-state index contributed by atoms with van der Waals surface area (Å²) in [4.78, 5) is 21.6. The Labute approximate surface area is 179 Å². The molecule has 0 saturated carbocycles. The molecule has 1 aliphatic rings. The number of pyridine rings is 1. The van der Waals surface area contributed by atoms with Crippen LogP contribution in [-0.4, -0.2) is 60.0 Å². The SMILES string of the molecule is C[C@H](NC(=O)CN(C)C1CCN(CCc2ccccn2)CC1)c1ccc(Cl)cc1. The highest BCUT2D eigenvalue weighted by Crippen LogP contribution is 2.17. The number of hydrogen-bond donors (Lipinski definition) is 1. The van der Waals surface area contributed by atoms with E-state index in [2.05, 4.69) is 33.2 Å². The largest absolute Gasteiger partial charge is 0.348 e. The predicted octanol–water partition coefficient (Wildman–Crippen LogP) is 3.55. The van der Waals surface area contributed by atoms with E-state index in [1.807, 2.05) is 49.5 Å². The number of carbonyl (C=O) groups is 1. The van der Waals surface area contributed by atoms with E-state index in [-0.39, 0.29) is 11.9 Å². The van der Waals surface area contributed by atoms with Crippen molar-refractivity contribution in [1.82, 2.24) is 20.1 Å². The van der Waals surface area contributed by atoms with Gasteiger partial charge in [-0.15, -0.1) is 0 Å². The highest BCUT2D eigenvalue weighted by Gasteiger charge is 2.24. The van der Waals surface area contributed by atoms with E-state index in [1.165, 1.54) is 0 Å². The molecule has 5 nitrogen and oxygen atoms in total. The maximum absolute atomic E-state index is 12.5. The first-order valence-electron chi connectivity index (χ1n) is 10.4.